The predicted molar refractivity (Wildman–Crippen MR) is 201 cm³/mol. The molecule has 6 N–H and O–H groups in total. The van der Waals surface area contributed by atoms with Gasteiger partial charge < -0.3 is 69.0 Å². The van der Waals surface area contributed by atoms with Crippen LogP contribution in [-0.2, 0) is 50.7 Å². The van der Waals surface area contributed by atoms with E-state index in [0.717, 1.165) is 54.7 Å². The second-order valence-electron chi connectivity index (χ2n) is 13.4. The van der Waals surface area contributed by atoms with Gasteiger partial charge >= 0.3 is 0 Å². The van der Waals surface area contributed by atoms with Crippen LogP contribution in [0, 0.1) is 5.41 Å². The number of rotatable bonds is 25. The SMILES string of the molecule is CCCCC/C=C/C=C/C(=O)SCCNC(=O)CCNC(=O)[C@H](O)C(C)(C)COP(=O)([O-])OP(=O)([O-])OC[C@H]1O[C@@H](n2cnc3c(N)ncnc32)[C@H](O)[C@@H]1OP(=O)([O-])[O-]. The molecule has 59 heavy (non-hydrogen) atoms. The number of imidazole rings is 1. The van der Waals surface area contributed by atoms with Gasteiger partial charge in [0, 0.05) is 30.7 Å². The van der Waals surface area contributed by atoms with E-state index < -0.39 is 84.6 Å². The monoisotopic (exact) mass is 913 g/mol. The van der Waals surface area contributed by atoms with Crippen molar-refractivity contribution in [1.82, 2.24) is 30.2 Å². The van der Waals surface area contributed by atoms with E-state index in [0.29, 0.717) is 5.75 Å². The maximum Gasteiger partial charge on any atom is 0.274 e. The van der Waals surface area contributed by atoms with Crippen LogP contribution in [0.5, 0.6) is 0 Å². The van der Waals surface area contributed by atoms with E-state index in [1.165, 1.54) is 19.9 Å². The lowest BCUT2D eigenvalue weighted by Gasteiger charge is -2.36. The first kappa shape index (κ1) is 50.4. The number of aromatic nitrogens is 4. The van der Waals surface area contributed by atoms with Gasteiger partial charge in [-0.1, -0.05) is 63.6 Å². The number of nitrogen functional groups attached to an aromatic ring is 1. The van der Waals surface area contributed by atoms with E-state index in [-0.39, 0.29) is 41.6 Å². The summed E-state index contributed by atoms with van der Waals surface area (Å²) in [6.45, 7) is 2.18. The summed E-state index contributed by atoms with van der Waals surface area (Å²) in [6, 6.07) is 0. The third-order valence-electron chi connectivity index (χ3n) is 8.18. The first-order chi connectivity index (χ1) is 27.6. The van der Waals surface area contributed by atoms with Crippen molar-refractivity contribution in [2.24, 2.45) is 5.41 Å². The van der Waals surface area contributed by atoms with Crippen LogP contribution < -0.4 is 35.9 Å². The van der Waals surface area contributed by atoms with Gasteiger partial charge in [0.1, 0.15) is 36.3 Å². The highest BCUT2D eigenvalue weighted by atomic mass is 32.2. The summed E-state index contributed by atoms with van der Waals surface area (Å²) in [5.41, 5.74) is 4.07. The second-order valence-corrected chi connectivity index (χ2v) is 18.6. The molecule has 0 radical (unpaired) electrons. The van der Waals surface area contributed by atoms with Gasteiger partial charge in [0.05, 0.1) is 27.4 Å². The summed E-state index contributed by atoms with van der Waals surface area (Å²) >= 11 is 1.01. The molecule has 7 atom stereocenters. The van der Waals surface area contributed by atoms with Gasteiger partial charge in [-0.2, -0.15) is 0 Å². The zero-order valence-electron chi connectivity index (χ0n) is 32.1. The predicted octanol–water partition coefficient (Wildman–Crippen LogP) is -1.17. The number of anilines is 1. The Morgan fingerprint density at radius 1 is 1.07 bits per heavy atom. The first-order valence-corrected chi connectivity index (χ1v) is 23.2. The fourth-order valence-electron chi connectivity index (χ4n) is 5.13. The van der Waals surface area contributed by atoms with E-state index in [1.807, 2.05) is 6.08 Å². The number of aliphatic hydroxyl groups is 2. The third-order valence-corrected chi connectivity index (χ3v) is 12.0. The lowest BCUT2D eigenvalue weighted by molar-refractivity contribution is -0.347. The smallest absolute Gasteiger partial charge is 0.274 e. The van der Waals surface area contributed by atoms with E-state index in [2.05, 4.69) is 50.4 Å². The molecule has 0 saturated carbocycles. The van der Waals surface area contributed by atoms with E-state index in [4.69, 9.17) is 10.5 Å². The van der Waals surface area contributed by atoms with Gasteiger partial charge in [-0.05, 0) is 18.9 Å². The van der Waals surface area contributed by atoms with Crippen molar-refractivity contribution < 1.29 is 80.5 Å². The van der Waals surface area contributed by atoms with Crippen molar-refractivity contribution in [3.05, 3.63) is 37.0 Å². The molecule has 2 aromatic heterocycles. The Bertz CT molecular complexity index is 1950. The number of phosphoric acid groups is 3. The quantitative estimate of drug-likeness (QED) is 0.0339. The minimum absolute atomic E-state index is 0.0218. The lowest BCUT2D eigenvalue weighted by Crippen LogP contribution is -2.46. The number of unbranched alkanes of at least 4 members (excludes halogenated alkanes) is 3. The molecule has 2 unspecified atom stereocenters. The summed E-state index contributed by atoms with van der Waals surface area (Å²) in [5.74, 6) is -1.26. The van der Waals surface area contributed by atoms with Crippen molar-refractivity contribution >= 4 is 69.1 Å². The normalized spacial score (nSPS) is 21.4. The number of thioether (sulfide) groups is 1. The number of phosphoric ester groups is 3. The van der Waals surface area contributed by atoms with Crippen LogP contribution in [-0.4, -0.2) is 103 Å². The molecule has 332 valence electrons. The molecule has 1 fully saturated rings. The molecule has 3 rings (SSSR count). The van der Waals surface area contributed by atoms with Gasteiger partial charge in [0.15, 0.2) is 17.7 Å². The van der Waals surface area contributed by atoms with E-state index >= 15 is 0 Å². The summed E-state index contributed by atoms with van der Waals surface area (Å²) in [5, 5.41) is 26.1. The summed E-state index contributed by atoms with van der Waals surface area (Å²) < 4.78 is 60.6. The number of nitrogens with zero attached hydrogens (tertiary/aromatic N) is 4. The summed E-state index contributed by atoms with van der Waals surface area (Å²) in [4.78, 5) is 96.1. The molecular formula is C31H46N7O17P3S-4. The van der Waals surface area contributed by atoms with Crippen LogP contribution in [0.4, 0.5) is 5.82 Å². The Kier molecular flexibility index (Phi) is 19.4. The highest BCUT2D eigenvalue weighted by Crippen LogP contribution is 2.56. The van der Waals surface area contributed by atoms with Gasteiger partial charge in [-0.3, -0.25) is 28.1 Å². The fraction of sp³-hybridized carbons (Fsp3) is 0.613. The molecule has 3 heterocycles. The number of carbonyl (C=O) groups excluding carboxylic acids is 3. The lowest BCUT2D eigenvalue weighted by atomic mass is 9.87. The molecule has 0 aliphatic carbocycles. The maximum atomic E-state index is 12.6. The molecule has 2 aromatic rings. The number of nitrogens with two attached hydrogens (primary N) is 1. The zero-order valence-corrected chi connectivity index (χ0v) is 35.6. The minimum Gasteiger partial charge on any atom is -0.790 e. The fourth-order valence-corrected chi connectivity index (χ4v) is 8.44. The molecule has 24 nitrogen and oxygen atoms in total. The molecule has 1 aliphatic rings. The summed E-state index contributed by atoms with van der Waals surface area (Å²) in [7, 11) is -17.6. The second kappa shape index (κ2) is 22.8. The standard InChI is InChI=1S/C31H50N7O17P3S/c1-4-5-6-7-8-9-10-11-22(40)59-15-14-33-21(39)12-13-34-29(43)26(42)31(2,3)17-52-58(49,50)55-57(47,48)51-16-20-25(54-56(44,45)46)24(41)30(53-20)38-19-37-23-27(32)35-18-36-28(23)38/h8-11,18-20,24-26,30,41-42H,4-7,12-17H2,1-3H3,(H,33,39)(H,34,43)(H,47,48)(H,49,50)(H2,32,35,36)(H2,44,45,46)/p-4/b9-8+,11-10+/t20-,24-,25-,26+,30-/m1/s1. The van der Waals surface area contributed by atoms with Gasteiger partial charge in [-0.25, -0.2) is 19.3 Å². The number of fused-ring (bicyclic) bond motifs is 1. The van der Waals surface area contributed by atoms with Crippen molar-refractivity contribution in [1.29, 1.82) is 0 Å². The Morgan fingerprint density at radius 2 is 1.78 bits per heavy atom. The average Bonchev–Trinajstić information content (AvgIpc) is 3.71. The molecule has 1 saturated heterocycles. The van der Waals surface area contributed by atoms with Crippen molar-refractivity contribution in [3.63, 3.8) is 0 Å². The van der Waals surface area contributed by atoms with Gasteiger partial charge in [0.25, 0.3) is 15.6 Å². The van der Waals surface area contributed by atoms with Gasteiger partial charge in [-0.15, -0.1) is 0 Å². The third kappa shape index (κ3) is 16.8. The Labute approximate surface area is 342 Å². The molecule has 28 heteroatoms. The first-order valence-electron chi connectivity index (χ1n) is 17.9. The van der Waals surface area contributed by atoms with Crippen LogP contribution in [0.2, 0.25) is 0 Å². The number of nitrogens with one attached hydrogen (secondary N) is 2. The molecule has 1 aliphatic heterocycles. The van der Waals surface area contributed by atoms with Crippen molar-refractivity contribution in [2.75, 3.05) is 37.8 Å². The zero-order chi connectivity index (χ0) is 44.0. The van der Waals surface area contributed by atoms with E-state index in [1.54, 1.807) is 12.2 Å². The molecule has 2 amide bonds. The number of hydrogen-bond donors (Lipinski definition) is 5. The van der Waals surface area contributed by atoms with Crippen LogP contribution in [0.25, 0.3) is 11.2 Å². The Hall–Kier alpha value is -2.96. The number of aliphatic hydroxyl groups excluding tert-OH is 2. The topological polar surface area (TPSA) is 375 Å². The Balaban J connectivity index is 1.44. The molecular weight excluding hydrogens is 867 g/mol. The number of carbonyl (C=O) groups is 3. The molecule has 0 spiro atoms. The van der Waals surface area contributed by atoms with Crippen LogP contribution in [0.3, 0.4) is 0 Å². The number of ether oxygens (including phenoxy) is 1. The van der Waals surface area contributed by atoms with Crippen molar-refractivity contribution in [2.45, 2.75) is 83.5 Å². The van der Waals surface area contributed by atoms with E-state index in [9.17, 15) is 57.9 Å². The number of allylic oxidation sites excluding steroid dienone is 3. The number of amides is 2. The summed E-state index contributed by atoms with van der Waals surface area (Å²) in [6.07, 6.45) is 3.55. The largest absolute Gasteiger partial charge is 0.790 e. The van der Waals surface area contributed by atoms with Crippen molar-refractivity contribution in [3.8, 4) is 0 Å². The molecule has 0 aromatic carbocycles. The van der Waals surface area contributed by atoms with Gasteiger partial charge in [0.2, 0.25) is 16.9 Å². The van der Waals surface area contributed by atoms with Crippen LogP contribution in [0.15, 0.2) is 37.0 Å². The highest BCUT2D eigenvalue weighted by molar-refractivity contribution is 8.14. The Morgan fingerprint density at radius 3 is 2.47 bits per heavy atom. The average molecular weight is 914 g/mol. The van der Waals surface area contributed by atoms with Crippen LogP contribution in [0.1, 0.15) is 59.1 Å². The molecule has 0 bridgehead atoms. The number of hydrogen-bond acceptors (Lipinski definition) is 22. The minimum atomic E-state index is -5.92. The maximum absolute atomic E-state index is 12.6. The highest BCUT2D eigenvalue weighted by Gasteiger charge is 2.47. The van der Waals surface area contributed by atoms with Crippen LogP contribution >= 0.6 is 35.2 Å².